The van der Waals surface area contributed by atoms with Gasteiger partial charge in [-0.3, -0.25) is 4.79 Å². The molecule has 1 aliphatic rings. The molecule has 0 radical (unpaired) electrons. The number of nitrogens with one attached hydrogen (secondary N) is 2. The number of carbonyl (C=O) groups is 2. The van der Waals surface area contributed by atoms with Crippen molar-refractivity contribution in [3.8, 4) is 0 Å². The second-order valence-corrected chi connectivity index (χ2v) is 10.6. The SMILES string of the molecule is Cc1ccccc1NC(=O)N(CC(=O)N(CCc1c[nH]c2ccccc12)Cc1ccc(Cl)c(Cl)c1)C1CC1. The minimum Gasteiger partial charge on any atom is -0.361 e. The number of halogens is 2. The summed E-state index contributed by atoms with van der Waals surface area (Å²) in [6.45, 7) is 2.83. The van der Waals surface area contributed by atoms with Crippen molar-refractivity contribution in [3.05, 3.63) is 99.7 Å². The molecule has 1 heterocycles. The zero-order valence-electron chi connectivity index (χ0n) is 21.2. The van der Waals surface area contributed by atoms with Crippen LogP contribution < -0.4 is 5.32 Å². The van der Waals surface area contributed by atoms with Gasteiger partial charge in [-0.05, 0) is 67.1 Å². The minimum atomic E-state index is -0.249. The number of aromatic nitrogens is 1. The zero-order chi connectivity index (χ0) is 26.6. The predicted octanol–water partition coefficient (Wildman–Crippen LogP) is 7.05. The van der Waals surface area contributed by atoms with Crippen LogP contribution >= 0.6 is 23.2 Å². The standard InChI is InChI=1S/C30H30Cl2N4O2/c1-20-6-2-4-8-27(20)34-30(38)36(23-11-12-23)19-29(37)35(18-21-10-13-25(31)26(32)16-21)15-14-22-17-33-28-9-5-3-7-24(22)28/h2-10,13,16-17,23,33H,11-12,14-15,18-19H2,1H3,(H,34,38). The molecule has 2 N–H and O–H groups in total. The molecule has 0 spiro atoms. The first-order valence-electron chi connectivity index (χ1n) is 12.8. The summed E-state index contributed by atoms with van der Waals surface area (Å²) in [7, 11) is 0. The smallest absolute Gasteiger partial charge is 0.322 e. The quantitative estimate of drug-likeness (QED) is 0.235. The van der Waals surface area contributed by atoms with Crippen LogP contribution in [0.15, 0.2) is 72.9 Å². The van der Waals surface area contributed by atoms with E-state index in [0.717, 1.165) is 46.1 Å². The van der Waals surface area contributed by atoms with Crippen molar-refractivity contribution in [1.29, 1.82) is 0 Å². The average molecular weight is 550 g/mol. The van der Waals surface area contributed by atoms with Gasteiger partial charge in [0.15, 0.2) is 0 Å². The molecule has 3 aromatic carbocycles. The third-order valence-corrected chi connectivity index (χ3v) is 7.72. The van der Waals surface area contributed by atoms with E-state index in [-0.39, 0.29) is 24.5 Å². The van der Waals surface area contributed by atoms with Crippen LogP contribution in [0.25, 0.3) is 10.9 Å². The number of aromatic amines is 1. The fourth-order valence-electron chi connectivity index (χ4n) is 4.64. The lowest BCUT2D eigenvalue weighted by Gasteiger charge is -2.28. The number of para-hydroxylation sites is 2. The number of aryl methyl sites for hydroxylation is 1. The molecule has 1 saturated carbocycles. The number of fused-ring (bicyclic) bond motifs is 1. The van der Waals surface area contributed by atoms with E-state index in [0.29, 0.717) is 29.6 Å². The monoisotopic (exact) mass is 548 g/mol. The average Bonchev–Trinajstić information content (AvgIpc) is 3.67. The molecule has 3 amide bonds. The lowest BCUT2D eigenvalue weighted by atomic mass is 10.1. The maximum atomic E-state index is 13.7. The van der Waals surface area contributed by atoms with E-state index in [4.69, 9.17) is 23.2 Å². The molecule has 38 heavy (non-hydrogen) atoms. The Bertz CT molecular complexity index is 1460. The van der Waals surface area contributed by atoms with E-state index in [1.54, 1.807) is 21.9 Å². The Labute approximate surface area is 232 Å². The number of hydrogen-bond donors (Lipinski definition) is 2. The second-order valence-electron chi connectivity index (χ2n) is 9.78. The summed E-state index contributed by atoms with van der Waals surface area (Å²) >= 11 is 12.4. The van der Waals surface area contributed by atoms with E-state index >= 15 is 0 Å². The fraction of sp³-hybridized carbons (Fsp3) is 0.267. The highest BCUT2D eigenvalue weighted by molar-refractivity contribution is 6.42. The van der Waals surface area contributed by atoms with Crippen molar-refractivity contribution in [1.82, 2.24) is 14.8 Å². The van der Waals surface area contributed by atoms with Gasteiger partial charge in [-0.15, -0.1) is 0 Å². The number of anilines is 1. The Kier molecular flexibility index (Phi) is 7.91. The van der Waals surface area contributed by atoms with Crippen LogP contribution in [0.2, 0.25) is 10.0 Å². The van der Waals surface area contributed by atoms with Gasteiger partial charge in [-0.25, -0.2) is 4.79 Å². The molecule has 5 rings (SSSR count). The highest BCUT2D eigenvalue weighted by Crippen LogP contribution is 2.29. The van der Waals surface area contributed by atoms with Crippen molar-refractivity contribution in [2.75, 3.05) is 18.4 Å². The summed E-state index contributed by atoms with van der Waals surface area (Å²) in [6.07, 6.45) is 4.47. The van der Waals surface area contributed by atoms with Crippen LogP contribution in [0.5, 0.6) is 0 Å². The van der Waals surface area contributed by atoms with Gasteiger partial charge in [-0.2, -0.15) is 0 Å². The van der Waals surface area contributed by atoms with E-state index in [1.165, 1.54) is 0 Å². The van der Waals surface area contributed by atoms with Crippen molar-refractivity contribution in [2.45, 2.75) is 38.8 Å². The molecule has 0 saturated heterocycles. The van der Waals surface area contributed by atoms with E-state index < -0.39 is 0 Å². The van der Waals surface area contributed by atoms with Crippen LogP contribution in [0.1, 0.15) is 29.5 Å². The number of H-pyrrole nitrogens is 1. The Hall–Kier alpha value is -3.48. The van der Waals surface area contributed by atoms with Crippen LogP contribution in [0.3, 0.4) is 0 Å². The molecule has 1 aliphatic carbocycles. The number of benzene rings is 3. The van der Waals surface area contributed by atoms with Crippen molar-refractivity contribution in [3.63, 3.8) is 0 Å². The van der Waals surface area contributed by atoms with Crippen LogP contribution in [-0.2, 0) is 17.8 Å². The van der Waals surface area contributed by atoms with E-state index in [1.807, 2.05) is 61.7 Å². The molecule has 4 aromatic rings. The van der Waals surface area contributed by atoms with Crippen molar-refractivity contribution >= 4 is 51.7 Å². The molecule has 1 fully saturated rings. The first-order valence-corrected chi connectivity index (χ1v) is 13.5. The molecule has 0 atom stereocenters. The van der Waals surface area contributed by atoms with Gasteiger partial charge in [0, 0.05) is 41.9 Å². The Morgan fingerprint density at radius 2 is 1.76 bits per heavy atom. The molecule has 1 aromatic heterocycles. The molecular weight excluding hydrogens is 519 g/mol. The predicted molar refractivity (Wildman–Crippen MR) is 154 cm³/mol. The van der Waals surface area contributed by atoms with Crippen LogP contribution in [-0.4, -0.2) is 45.9 Å². The first kappa shape index (κ1) is 26.1. The summed E-state index contributed by atoms with van der Waals surface area (Å²) < 4.78 is 0. The largest absolute Gasteiger partial charge is 0.361 e. The molecule has 0 aliphatic heterocycles. The normalized spacial score (nSPS) is 12.9. The van der Waals surface area contributed by atoms with Crippen LogP contribution in [0, 0.1) is 6.92 Å². The van der Waals surface area contributed by atoms with Crippen molar-refractivity contribution in [2.24, 2.45) is 0 Å². The van der Waals surface area contributed by atoms with Gasteiger partial charge in [0.05, 0.1) is 10.0 Å². The molecule has 196 valence electrons. The summed E-state index contributed by atoms with van der Waals surface area (Å²) in [5.74, 6) is -0.109. The number of urea groups is 1. The van der Waals surface area contributed by atoms with E-state index in [2.05, 4.69) is 16.4 Å². The Morgan fingerprint density at radius 3 is 2.53 bits per heavy atom. The molecular formula is C30H30Cl2N4O2. The van der Waals surface area contributed by atoms with Gasteiger partial charge in [0.2, 0.25) is 5.91 Å². The third kappa shape index (κ3) is 6.14. The first-order chi connectivity index (χ1) is 18.4. The topological polar surface area (TPSA) is 68.4 Å². The van der Waals surface area contributed by atoms with Gasteiger partial charge < -0.3 is 20.1 Å². The summed E-state index contributed by atoms with van der Waals surface area (Å²) in [4.78, 5) is 33.7. The summed E-state index contributed by atoms with van der Waals surface area (Å²) in [5, 5.41) is 5.06. The highest BCUT2D eigenvalue weighted by Gasteiger charge is 2.35. The van der Waals surface area contributed by atoms with Gasteiger partial charge in [0.25, 0.3) is 0 Å². The second kappa shape index (κ2) is 11.5. The molecule has 0 unspecified atom stereocenters. The number of rotatable bonds is 9. The highest BCUT2D eigenvalue weighted by atomic mass is 35.5. The molecule has 0 bridgehead atoms. The van der Waals surface area contributed by atoms with Crippen molar-refractivity contribution < 1.29 is 9.59 Å². The molecule has 8 heteroatoms. The van der Waals surface area contributed by atoms with Gasteiger partial charge in [-0.1, -0.05) is 65.7 Å². The van der Waals surface area contributed by atoms with Gasteiger partial charge >= 0.3 is 6.03 Å². The lowest BCUT2D eigenvalue weighted by Crippen LogP contribution is -2.46. The van der Waals surface area contributed by atoms with Gasteiger partial charge in [0.1, 0.15) is 6.54 Å². The number of nitrogens with zero attached hydrogens (tertiary/aromatic N) is 2. The lowest BCUT2D eigenvalue weighted by molar-refractivity contribution is -0.132. The Morgan fingerprint density at radius 1 is 1.00 bits per heavy atom. The number of hydrogen-bond acceptors (Lipinski definition) is 2. The van der Waals surface area contributed by atoms with E-state index in [9.17, 15) is 9.59 Å². The third-order valence-electron chi connectivity index (χ3n) is 6.98. The summed E-state index contributed by atoms with van der Waals surface area (Å²) in [5.41, 5.74) is 4.82. The maximum Gasteiger partial charge on any atom is 0.322 e. The number of carbonyl (C=O) groups excluding carboxylic acids is 2. The van der Waals surface area contributed by atoms with Crippen LogP contribution in [0.4, 0.5) is 10.5 Å². The Balaban J connectivity index is 1.34. The zero-order valence-corrected chi connectivity index (χ0v) is 22.7. The number of amides is 3. The minimum absolute atomic E-state index is 0.0115. The molecule has 6 nitrogen and oxygen atoms in total. The fourth-order valence-corrected chi connectivity index (χ4v) is 4.96. The summed E-state index contributed by atoms with van der Waals surface area (Å²) in [6, 6.07) is 21.0. The maximum absolute atomic E-state index is 13.7.